The molecule has 0 saturated carbocycles. The van der Waals surface area contributed by atoms with E-state index < -0.39 is 18.1 Å². The normalized spacial score (nSPS) is 12.4. The zero-order valence-electron chi connectivity index (χ0n) is 15.5. The van der Waals surface area contributed by atoms with E-state index in [2.05, 4.69) is 72.8 Å². The van der Waals surface area contributed by atoms with Crippen molar-refractivity contribution in [2.45, 2.75) is 4.90 Å². The molecular formula is C25H22OPS+. The van der Waals surface area contributed by atoms with Gasteiger partial charge >= 0.3 is 0 Å². The predicted octanol–water partition coefficient (Wildman–Crippen LogP) is 4.75. The maximum atomic E-state index is 13.5. The van der Waals surface area contributed by atoms with Crippen molar-refractivity contribution in [3.8, 4) is 0 Å². The summed E-state index contributed by atoms with van der Waals surface area (Å²) in [4.78, 5) is 0.884. The Morgan fingerprint density at radius 3 is 1.18 bits per heavy atom. The summed E-state index contributed by atoms with van der Waals surface area (Å²) in [6, 6.07) is 41.6. The quantitative estimate of drug-likeness (QED) is 0.426. The molecule has 4 aromatic carbocycles. The molecule has 0 fully saturated rings. The van der Waals surface area contributed by atoms with Gasteiger partial charge in [-0.25, -0.2) is 0 Å². The molecule has 0 N–H and O–H groups in total. The van der Waals surface area contributed by atoms with Gasteiger partial charge in [0.25, 0.3) is 0 Å². The largest absolute Gasteiger partial charge is 0.250 e. The summed E-state index contributed by atoms with van der Waals surface area (Å²) in [5.74, 6) is 0. The highest BCUT2D eigenvalue weighted by Crippen LogP contribution is 2.56. The van der Waals surface area contributed by atoms with Crippen LogP contribution in [-0.4, -0.2) is 9.70 Å². The lowest BCUT2D eigenvalue weighted by Gasteiger charge is -2.27. The minimum Gasteiger partial charge on any atom is -0.250 e. The van der Waals surface area contributed by atoms with Gasteiger partial charge in [0.05, 0.1) is 10.8 Å². The van der Waals surface area contributed by atoms with Crippen molar-refractivity contribution >= 4 is 34.0 Å². The molecule has 28 heavy (non-hydrogen) atoms. The summed E-state index contributed by atoms with van der Waals surface area (Å²) in [5.41, 5.74) is 0.592. The molecule has 0 radical (unpaired) electrons. The molecule has 0 heterocycles. The van der Waals surface area contributed by atoms with Gasteiger partial charge in [0.1, 0.15) is 23.2 Å². The Bertz CT molecular complexity index is 938. The minimum atomic E-state index is -2.07. The van der Waals surface area contributed by atoms with Crippen LogP contribution < -0.4 is 15.9 Å². The Morgan fingerprint density at radius 1 is 0.500 bits per heavy atom. The van der Waals surface area contributed by atoms with Gasteiger partial charge in [-0.3, -0.25) is 4.21 Å². The second-order valence-electron chi connectivity index (χ2n) is 6.60. The molecule has 0 aliphatic heterocycles. The Balaban J connectivity index is 1.95. The molecule has 0 saturated heterocycles. The zero-order chi connectivity index (χ0) is 19.2. The Labute approximate surface area is 169 Å². The van der Waals surface area contributed by atoms with Gasteiger partial charge in [-0.05, 0) is 48.5 Å². The van der Waals surface area contributed by atoms with Crippen molar-refractivity contribution < 1.29 is 4.21 Å². The third kappa shape index (κ3) is 3.71. The first-order valence-electron chi connectivity index (χ1n) is 9.29. The van der Waals surface area contributed by atoms with E-state index in [1.807, 2.05) is 48.5 Å². The highest BCUT2D eigenvalue weighted by molar-refractivity contribution is 8.06. The van der Waals surface area contributed by atoms with Crippen molar-refractivity contribution in [1.82, 2.24) is 0 Å². The summed E-state index contributed by atoms with van der Waals surface area (Å²) in [7, 11) is -3.18. The fourth-order valence-electron chi connectivity index (χ4n) is 3.54. The van der Waals surface area contributed by atoms with Gasteiger partial charge < -0.3 is 0 Å². The van der Waals surface area contributed by atoms with E-state index in [9.17, 15) is 4.21 Å². The average Bonchev–Trinajstić information content (AvgIpc) is 2.80. The van der Waals surface area contributed by atoms with Gasteiger partial charge in [0.2, 0.25) is 0 Å². The summed E-state index contributed by atoms with van der Waals surface area (Å²) >= 11 is 0. The number of hydrogen-bond donors (Lipinski definition) is 0. The topological polar surface area (TPSA) is 17.1 Å². The molecular weight excluding hydrogens is 379 g/mol. The highest BCUT2D eigenvalue weighted by Gasteiger charge is 2.47. The molecule has 0 bridgehead atoms. The van der Waals surface area contributed by atoms with Gasteiger partial charge in [-0.15, -0.1) is 0 Å². The first-order chi connectivity index (χ1) is 13.8. The number of benzene rings is 4. The molecule has 1 nitrogen and oxygen atoms in total. The maximum Gasteiger partial charge on any atom is 0.152 e. The van der Waals surface area contributed by atoms with E-state index in [0.29, 0.717) is 5.49 Å². The molecule has 4 aromatic rings. The van der Waals surface area contributed by atoms with E-state index in [1.54, 1.807) is 0 Å². The Kier molecular flexibility index (Phi) is 5.81. The summed E-state index contributed by atoms with van der Waals surface area (Å²) in [6.07, 6.45) is 0. The fourth-order valence-corrected chi connectivity index (χ4v) is 10.7. The second-order valence-corrected chi connectivity index (χ2v) is 12.0. The Morgan fingerprint density at radius 2 is 0.821 bits per heavy atom. The summed E-state index contributed by atoms with van der Waals surface area (Å²) in [6.45, 7) is 0. The second kappa shape index (κ2) is 8.65. The smallest absolute Gasteiger partial charge is 0.152 e. The predicted molar refractivity (Wildman–Crippen MR) is 123 cm³/mol. The van der Waals surface area contributed by atoms with Crippen LogP contribution in [0.4, 0.5) is 0 Å². The van der Waals surface area contributed by atoms with Crippen LogP contribution in [-0.2, 0) is 10.8 Å². The van der Waals surface area contributed by atoms with Crippen LogP contribution in [0.2, 0.25) is 0 Å². The van der Waals surface area contributed by atoms with Gasteiger partial charge in [0.15, 0.2) is 5.49 Å². The standard InChI is InChI=1S/C25H22OPS/c26-28(25-19-11-4-12-20-25)21-27(22-13-5-1-6-14-22,23-15-7-2-8-16-23)24-17-9-3-10-18-24/h1-20H,21H2/q+1. The number of rotatable bonds is 6. The van der Waals surface area contributed by atoms with E-state index in [4.69, 9.17) is 0 Å². The van der Waals surface area contributed by atoms with Crippen LogP contribution in [0.25, 0.3) is 0 Å². The average molecular weight is 401 g/mol. The molecule has 0 aromatic heterocycles. The summed E-state index contributed by atoms with van der Waals surface area (Å²) < 4.78 is 13.5. The number of hydrogen-bond acceptors (Lipinski definition) is 1. The lowest BCUT2D eigenvalue weighted by atomic mass is 10.4. The molecule has 0 spiro atoms. The van der Waals surface area contributed by atoms with Crippen LogP contribution in [0.3, 0.4) is 0 Å². The van der Waals surface area contributed by atoms with E-state index in [1.165, 1.54) is 15.9 Å². The van der Waals surface area contributed by atoms with Crippen molar-refractivity contribution in [2.24, 2.45) is 0 Å². The highest BCUT2D eigenvalue weighted by atomic mass is 32.2. The van der Waals surface area contributed by atoms with Crippen molar-refractivity contribution in [3.63, 3.8) is 0 Å². The van der Waals surface area contributed by atoms with Crippen molar-refractivity contribution in [2.75, 3.05) is 5.49 Å². The van der Waals surface area contributed by atoms with Crippen LogP contribution >= 0.6 is 7.26 Å². The summed E-state index contributed by atoms with van der Waals surface area (Å²) in [5, 5.41) is 3.78. The van der Waals surface area contributed by atoms with Crippen LogP contribution in [0.15, 0.2) is 126 Å². The molecule has 0 aliphatic carbocycles. The minimum absolute atomic E-state index is 0.592. The first-order valence-corrected chi connectivity index (χ1v) is 12.6. The maximum absolute atomic E-state index is 13.5. The van der Waals surface area contributed by atoms with E-state index in [0.717, 1.165) is 4.90 Å². The fraction of sp³-hybridized carbons (Fsp3) is 0.0400. The Hall–Kier alpha value is -2.54. The van der Waals surface area contributed by atoms with Crippen molar-refractivity contribution in [1.29, 1.82) is 0 Å². The third-order valence-corrected chi connectivity index (χ3v) is 11.7. The van der Waals surface area contributed by atoms with Gasteiger partial charge in [-0.1, -0.05) is 72.8 Å². The molecule has 1 atom stereocenters. The first kappa shape index (κ1) is 18.8. The van der Waals surface area contributed by atoms with E-state index >= 15 is 0 Å². The SMILES string of the molecule is O=S(C[P+](c1ccccc1)(c1ccccc1)c1ccccc1)c1ccccc1. The molecule has 138 valence electrons. The van der Waals surface area contributed by atoms with Crippen molar-refractivity contribution in [3.05, 3.63) is 121 Å². The van der Waals surface area contributed by atoms with Gasteiger partial charge in [0, 0.05) is 4.90 Å². The molecule has 4 rings (SSSR count). The zero-order valence-corrected chi connectivity index (χ0v) is 17.2. The van der Waals surface area contributed by atoms with Crippen LogP contribution in [0, 0.1) is 0 Å². The molecule has 0 amide bonds. The molecule has 0 aliphatic rings. The van der Waals surface area contributed by atoms with Crippen LogP contribution in [0.5, 0.6) is 0 Å². The lowest BCUT2D eigenvalue weighted by molar-refractivity contribution is 0.686. The molecule has 3 heteroatoms. The lowest BCUT2D eigenvalue weighted by Crippen LogP contribution is -2.34. The van der Waals surface area contributed by atoms with E-state index in [-0.39, 0.29) is 0 Å². The monoisotopic (exact) mass is 401 g/mol. The van der Waals surface area contributed by atoms with Gasteiger partial charge in [-0.2, -0.15) is 0 Å². The van der Waals surface area contributed by atoms with Crippen LogP contribution in [0.1, 0.15) is 0 Å². The third-order valence-electron chi connectivity index (χ3n) is 4.91. The molecule has 1 unspecified atom stereocenters.